The third-order valence-electron chi connectivity index (χ3n) is 2.75. The molecule has 3 heterocycles. The second-order valence-corrected chi connectivity index (χ2v) is 4.60. The van der Waals surface area contributed by atoms with Crippen LogP contribution in [-0.2, 0) is 13.0 Å². The number of nitrogens with zero attached hydrogens (tertiary/aromatic N) is 4. The number of rotatable bonds is 2. The summed E-state index contributed by atoms with van der Waals surface area (Å²) < 4.78 is 1.97. The fraction of sp³-hybridized carbons (Fsp3) is 0.400. The Hall–Kier alpha value is -1.76. The molecule has 0 saturated heterocycles. The molecule has 2 aromatic heterocycles. The second-order valence-electron chi connectivity index (χ2n) is 3.88. The Balaban J connectivity index is 1.81. The zero-order valence-electron chi connectivity index (χ0n) is 9.09. The first-order chi connectivity index (χ1) is 8.34. The van der Waals surface area contributed by atoms with Crippen LogP contribution in [0.5, 0.6) is 0 Å². The second kappa shape index (κ2) is 4.25. The Morgan fingerprint density at radius 2 is 2.35 bits per heavy atom. The van der Waals surface area contributed by atoms with Gasteiger partial charge in [-0.2, -0.15) is 0 Å². The predicted octanol–water partition coefficient (Wildman–Crippen LogP) is 1.32. The Bertz CT molecular complexity index is 533. The van der Waals surface area contributed by atoms with Crippen LogP contribution in [0.2, 0.25) is 0 Å². The molecule has 0 spiro atoms. The van der Waals surface area contributed by atoms with Gasteiger partial charge in [0.15, 0.2) is 0 Å². The first-order valence-electron chi connectivity index (χ1n) is 5.46. The summed E-state index contributed by atoms with van der Waals surface area (Å²) in [5.41, 5.74) is 2.05. The van der Waals surface area contributed by atoms with E-state index in [-0.39, 0.29) is 5.91 Å². The van der Waals surface area contributed by atoms with Gasteiger partial charge in [-0.25, -0.2) is 4.98 Å². The van der Waals surface area contributed by atoms with Gasteiger partial charge in [-0.15, -0.1) is 21.5 Å². The van der Waals surface area contributed by atoms with Gasteiger partial charge in [-0.3, -0.25) is 14.7 Å². The van der Waals surface area contributed by atoms with Gasteiger partial charge in [-0.1, -0.05) is 0 Å². The molecule has 1 aliphatic heterocycles. The Labute approximate surface area is 102 Å². The van der Waals surface area contributed by atoms with Crippen molar-refractivity contribution >= 4 is 23.2 Å². The van der Waals surface area contributed by atoms with Crippen LogP contribution in [0.15, 0.2) is 10.9 Å². The minimum Gasteiger partial charge on any atom is -0.297 e. The highest BCUT2D eigenvalue weighted by atomic mass is 32.1. The van der Waals surface area contributed by atoms with Gasteiger partial charge in [0.1, 0.15) is 11.5 Å². The standard InChI is InChI=1S/C10H11N5OS/c16-9(7-5-17-6-11-7)12-10-14-13-8-3-1-2-4-15(8)10/h5-6H,1-4H2,(H,12,14,16). The molecule has 7 heteroatoms. The van der Waals surface area contributed by atoms with Gasteiger partial charge >= 0.3 is 0 Å². The first-order valence-corrected chi connectivity index (χ1v) is 6.40. The predicted molar refractivity (Wildman–Crippen MR) is 63.0 cm³/mol. The average molecular weight is 249 g/mol. The van der Waals surface area contributed by atoms with Crippen molar-refractivity contribution in [3.63, 3.8) is 0 Å². The summed E-state index contributed by atoms with van der Waals surface area (Å²) in [5, 5.41) is 12.5. The SMILES string of the molecule is O=C(Nc1nnc2n1CCCC2)c1cscn1. The molecule has 3 rings (SSSR count). The van der Waals surface area contributed by atoms with Crippen LogP contribution in [0, 0.1) is 0 Å². The molecule has 2 aromatic rings. The van der Waals surface area contributed by atoms with E-state index in [0.29, 0.717) is 11.6 Å². The topological polar surface area (TPSA) is 72.7 Å². The Morgan fingerprint density at radius 1 is 1.41 bits per heavy atom. The fourth-order valence-corrected chi connectivity index (χ4v) is 2.42. The summed E-state index contributed by atoms with van der Waals surface area (Å²) in [6, 6.07) is 0. The lowest BCUT2D eigenvalue weighted by Crippen LogP contribution is -2.18. The van der Waals surface area contributed by atoms with E-state index in [1.54, 1.807) is 10.9 Å². The van der Waals surface area contributed by atoms with Crippen LogP contribution in [0.1, 0.15) is 29.2 Å². The van der Waals surface area contributed by atoms with Crippen molar-refractivity contribution in [2.45, 2.75) is 25.8 Å². The van der Waals surface area contributed by atoms with Gasteiger partial charge in [0.05, 0.1) is 5.51 Å². The Morgan fingerprint density at radius 3 is 3.18 bits per heavy atom. The zero-order valence-corrected chi connectivity index (χ0v) is 9.90. The van der Waals surface area contributed by atoms with Crippen LogP contribution in [-0.4, -0.2) is 25.7 Å². The highest BCUT2D eigenvalue weighted by Gasteiger charge is 2.18. The van der Waals surface area contributed by atoms with Crippen LogP contribution >= 0.6 is 11.3 Å². The van der Waals surface area contributed by atoms with Gasteiger partial charge in [0, 0.05) is 18.3 Å². The number of anilines is 1. The number of carbonyl (C=O) groups is 1. The van der Waals surface area contributed by atoms with E-state index in [9.17, 15) is 4.79 Å². The smallest absolute Gasteiger partial charge is 0.277 e. The van der Waals surface area contributed by atoms with Crippen molar-refractivity contribution in [2.24, 2.45) is 0 Å². The number of fused-ring (bicyclic) bond motifs is 1. The Kier molecular flexibility index (Phi) is 2.60. The summed E-state index contributed by atoms with van der Waals surface area (Å²) in [5.74, 6) is 1.24. The van der Waals surface area contributed by atoms with Crippen molar-refractivity contribution in [1.29, 1.82) is 0 Å². The largest absolute Gasteiger partial charge is 0.297 e. The fourth-order valence-electron chi connectivity index (χ4n) is 1.89. The molecular weight excluding hydrogens is 238 g/mol. The lowest BCUT2D eigenvalue weighted by Gasteiger charge is -2.14. The van der Waals surface area contributed by atoms with E-state index in [4.69, 9.17) is 0 Å². The molecule has 0 aliphatic carbocycles. The number of hydrogen-bond acceptors (Lipinski definition) is 5. The van der Waals surface area contributed by atoms with Crippen molar-refractivity contribution in [3.8, 4) is 0 Å². The van der Waals surface area contributed by atoms with Crippen LogP contribution in [0.25, 0.3) is 0 Å². The van der Waals surface area contributed by atoms with Crippen molar-refractivity contribution in [1.82, 2.24) is 19.7 Å². The molecule has 0 unspecified atom stereocenters. The van der Waals surface area contributed by atoms with Gasteiger partial charge in [-0.05, 0) is 12.8 Å². The summed E-state index contributed by atoms with van der Waals surface area (Å²) in [7, 11) is 0. The van der Waals surface area contributed by atoms with Gasteiger partial charge in [0.25, 0.3) is 5.91 Å². The number of aryl methyl sites for hydroxylation is 1. The molecule has 0 bridgehead atoms. The first kappa shape index (κ1) is 10.4. The normalized spacial score (nSPS) is 14.4. The quantitative estimate of drug-likeness (QED) is 0.871. The molecule has 0 fully saturated rings. The van der Waals surface area contributed by atoms with Crippen molar-refractivity contribution in [3.05, 3.63) is 22.4 Å². The molecule has 6 nitrogen and oxygen atoms in total. The molecule has 0 aromatic carbocycles. The van der Waals surface area contributed by atoms with Crippen molar-refractivity contribution < 1.29 is 4.79 Å². The van der Waals surface area contributed by atoms with Crippen molar-refractivity contribution in [2.75, 3.05) is 5.32 Å². The van der Waals surface area contributed by atoms with E-state index in [1.807, 2.05) is 4.57 Å². The molecule has 1 N–H and O–H groups in total. The van der Waals surface area contributed by atoms with Crippen LogP contribution in [0.4, 0.5) is 5.95 Å². The van der Waals surface area contributed by atoms with E-state index in [2.05, 4.69) is 20.5 Å². The van der Waals surface area contributed by atoms with E-state index >= 15 is 0 Å². The molecular formula is C10H11N5OS. The monoisotopic (exact) mass is 249 g/mol. The number of hydrogen-bond donors (Lipinski definition) is 1. The molecule has 0 radical (unpaired) electrons. The summed E-state index contributed by atoms with van der Waals surface area (Å²) in [6.45, 7) is 0.870. The van der Waals surface area contributed by atoms with Crippen LogP contribution < -0.4 is 5.32 Å². The van der Waals surface area contributed by atoms with Crippen LogP contribution in [0.3, 0.4) is 0 Å². The number of carbonyl (C=O) groups excluding carboxylic acids is 1. The third kappa shape index (κ3) is 1.93. The minimum absolute atomic E-state index is 0.230. The maximum Gasteiger partial charge on any atom is 0.277 e. The maximum atomic E-state index is 11.8. The molecule has 0 atom stereocenters. The number of amides is 1. The molecule has 88 valence electrons. The summed E-state index contributed by atoms with van der Waals surface area (Å²) in [4.78, 5) is 15.8. The highest BCUT2D eigenvalue weighted by molar-refractivity contribution is 7.07. The zero-order chi connectivity index (χ0) is 11.7. The molecule has 17 heavy (non-hydrogen) atoms. The molecule has 0 saturated carbocycles. The van der Waals surface area contributed by atoms with E-state index in [1.165, 1.54) is 11.3 Å². The molecule has 1 aliphatic rings. The maximum absolute atomic E-state index is 11.8. The highest BCUT2D eigenvalue weighted by Crippen LogP contribution is 2.17. The lowest BCUT2D eigenvalue weighted by molar-refractivity contribution is 0.102. The van der Waals surface area contributed by atoms with E-state index < -0.39 is 0 Å². The average Bonchev–Trinajstić information content (AvgIpc) is 2.98. The lowest BCUT2D eigenvalue weighted by atomic mass is 10.2. The third-order valence-corrected chi connectivity index (χ3v) is 3.34. The summed E-state index contributed by atoms with van der Waals surface area (Å²) >= 11 is 1.39. The molecule has 1 amide bonds. The van der Waals surface area contributed by atoms with Gasteiger partial charge < -0.3 is 0 Å². The van der Waals surface area contributed by atoms with E-state index in [0.717, 1.165) is 31.6 Å². The number of nitrogens with one attached hydrogen (secondary N) is 1. The number of aromatic nitrogens is 4. The summed E-state index contributed by atoms with van der Waals surface area (Å²) in [6.07, 6.45) is 3.17. The number of thiazole rings is 1. The minimum atomic E-state index is -0.230. The van der Waals surface area contributed by atoms with Gasteiger partial charge in [0.2, 0.25) is 5.95 Å².